The molecular formula is C41H25N3O. The van der Waals surface area contributed by atoms with Crippen molar-refractivity contribution >= 4 is 43.5 Å². The van der Waals surface area contributed by atoms with Crippen LogP contribution in [0.2, 0.25) is 0 Å². The van der Waals surface area contributed by atoms with E-state index < -0.39 is 18.1 Å². The second kappa shape index (κ2) is 10.2. The number of benzene rings is 7. The minimum Gasteiger partial charge on any atom is -0.456 e. The fourth-order valence-corrected chi connectivity index (χ4v) is 5.66. The first-order valence-electron chi connectivity index (χ1n) is 19.2. The molecule has 2 heterocycles. The Morgan fingerprint density at radius 3 is 1.89 bits per heavy atom. The molecule has 4 heteroatoms. The summed E-state index contributed by atoms with van der Waals surface area (Å²) in [7, 11) is 0. The smallest absolute Gasteiger partial charge is 0.164 e. The number of hydrogen-bond acceptors (Lipinski definition) is 4. The van der Waals surface area contributed by atoms with E-state index in [4.69, 9.17) is 33.1 Å². The molecule has 0 radical (unpaired) electrons. The summed E-state index contributed by atoms with van der Waals surface area (Å²) in [5.74, 6) is 0.631. The van der Waals surface area contributed by atoms with Crippen molar-refractivity contribution in [3.63, 3.8) is 0 Å². The minimum absolute atomic E-state index is 0.0184. The molecule has 0 atom stereocenters. The van der Waals surface area contributed by atoms with E-state index in [9.17, 15) is 0 Å². The number of fused-ring (bicyclic) bond motifs is 5. The average molecular weight is 586 g/mol. The predicted molar refractivity (Wildman–Crippen MR) is 184 cm³/mol. The van der Waals surface area contributed by atoms with E-state index in [1.165, 1.54) is 12.1 Å². The van der Waals surface area contributed by atoms with E-state index in [2.05, 4.69) is 0 Å². The first-order chi connectivity index (χ1) is 26.4. The molecule has 0 unspecified atom stereocenters. The Morgan fingerprint density at radius 2 is 1.09 bits per heavy atom. The van der Waals surface area contributed by atoms with Crippen molar-refractivity contribution in [2.45, 2.75) is 0 Å². The molecule has 0 saturated heterocycles. The quantitative estimate of drug-likeness (QED) is 0.206. The molecule has 45 heavy (non-hydrogen) atoms. The van der Waals surface area contributed by atoms with Crippen molar-refractivity contribution in [1.29, 1.82) is 0 Å². The fraction of sp³-hybridized carbons (Fsp3) is 0. The Labute approximate surface area is 273 Å². The maximum Gasteiger partial charge on any atom is 0.164 e. The van der Waals surface area contributed by atoms with Crippen molar-refractivity contribution in [1.82, 2.24) is 15.0 Å². The van der Waals surface area contributed by atoms with Gasteiger partial charge in [-0.15, -0.1) is 0 Å². The fourth-order valence-electron chi connectivity index (χ4n) is 5.66. The Hall–Kier alpha value is -6.13. The molecule has 0 bridgehead atoms. The van der Waals surface area contributed by atoms with Crippen LogP contribution >= 0.6 is 0 Å². The van der Waals surface area contributed by atoms with Gasteiger partial charge in [-0.05, 0) is 63.0 Å². The van der Waals surface area contributed by atoms with Gasteiger partial charge in [0.15, 0.2) is 17.5 Å². The van der Waals surface area contributed by atoms with E-state index in [1.807, 2.05) is 66.7 Å². The van der Waals surface area contributed by atoms with Crippen LogP contribution in [0.1, 0.15) is 13.7 Å². The number of hydrogen-bond donors (Lipinski definition) is 0. The molecule has 0 aliphatic rings. The highest BCUT2D eigenvalue weighted by atomic mass is 16.3. The van der Waals surface area contributed by atoms with Gasteiger partial charge in [0.1, 0.15) is 11.2 Å². The molecule has 0 amide bonds. The molecule has 9 aromatic rings. The van der Waals surface area contributed by atoms with E-state index in [0.717, 1.165) is 16.2 Å². The Bertz CT molecular complexity index is 3100. The Morgan fingerprint density at radius 1 is 0.444 bits per heavy atom. The largest absolute Gasteiger partial charge is 0.456 e. The lowest BCUT2D eigenvalue weighted by Crippen LogP contribution is -2.00. The first-order valence-corrected chi connectivity index (χ1v) is 14.2. The van der Waals surface area contributed by atoms with Crippen molar-refractivity contribution in [2.24, 2.45) is 0 Å². The summed E-state index contributed by atoms with van der Waals surface area (Å²) in [4.78, 5) is 14.7. The van der Waals surface area contributed by atoms with Crippen LogP contribution in [0.4, 0.5) is 0 Å². The standard InChI is InChI=1S/C41H25N3O/c1-2-9-26(10-3-1)30-20-17-28-19-22-32(25-33(28)24-30)40-42-39(31-21-18-27-11-4-5-12-29(27)23-31)43-41(44-40)35-14-8-16-37-38(35)34-13-6-7-15-36(34)45-37/h1-25H/i1D,2D,3D,6D,7D,9D,10D,14D,15D,16D. The van der Waals surface area contributed by atoms with Crippen LogP contribution in [0.5, 0.6) is 0 Å². The molecule has 210 valence electrons. The summed E-state index contributed by atoms with van der Waals surface area (Å²) < 4.78 is 90.2. The minimum atomic E-state index is -0.468. The summed E-state index contributed by atoms with van der Waals surface area (Å²) in [6.07, 6.45) is 0. The van der Waals surface area contributed by atoms with Crippen molar-refractivity contribution in [3.05, 3.63) is 151 Å². The molecule has 4 nitrogen and oxygen atoms in total. The molecular weight excluding hydrogens is 550 g/mol. The van der Waals surface area contributed by atoms with E-state index in [0.29, 0.717) is 33.3 Å². The summed E-state index contributed by atoms with van der Waals surface area (Å²) in [6.45, 7) is 0. The van der Waals surface area contributed by atoms with Gasteiger partial charge in [0.05, 0.1) is 13.7 Å². The van der Waals surface area contributed by atoms with Crippen molar-refractivity contribution < 1.29 is 18.1 Å². The van der Waals surface area contributed by atoms with Crippen molar-refractivity contribution in [3.8, 4) is 45.3 Å². The monoisotopic (exact) mass is 585 g/mol. The van der Waals surface area contributed by atoms with Gasteiger partial charge in [0.25, 0.3) is 0 Å². The van der Waals surface area contributed by atoms with Crippen LogP contribution < -0.4 is 0 Å². The normalized spacial score (nSPS) is 14.7. The summed E-state index contributed by atoms with van der Waals surface area (Å²) in [6, 6.07) is 24.2. The second-order valence-corrected chi connectivity index (χ2v) is 10.5. The number of aromatic nitrogens is 3. The third-order valence-electron chi connectivity index (χ3n) is 7.83. The average Bonchev–Trinajstić information content (AvgIpc) is 3.57. The number of nitrogens with zero attached hydrogens (tertiary/aromatic N) is 3. The van der Waals surface area contributed by atoms with Crippen molar-refractivity contribution in [2.75, 3.05) is 0 Å². The maximum atomic E-state index is 9.08. The van der Waals surface area contributed by atoms with Gasteiger partial charge in [-0.2, -0.15) is 0 Å². The topological polar surface area (TPSA) is 51.8 Å². The number of rotatable bonds is 4. The third kappa shape index (κ3) is 4.43. The van der Waals surface area contributed by atoms with E-state index in [1.54, 1.807) is 12.1 Å². The number of para-hydroxylation sites is 1. The summed E-state index contributed by atoms with van der Waals surface area (Å²) in [5.41, 5.74) is 2.05. The lowest BCUT2D eigenvalue weighted by atomic mass is 9.99. The van der Waals surface area contributed by atoms with Gasteiger partial charge in [0, 0.05) is 27.5 Å². The molecule has 0 N–H and O–H groups in total. The Kier molecular flexibility index (Phi) is 3.93. The van der Waals surface area contributed by atoms with Crippen LogP contribution in [-0.2, 0) is 0 Å². The highest BCUT2D eigenvalue weighted by Gasteiger charge is 2.18. The molecule has 2 aromatic heterocycles. The predicted octanol–water partition coefficient (Wildman–Crippen LogP) is 10.7. The third-order valence-corrected chi connectivity index (χ3v) is 7.83. The van der Waals surface area contributed by atoms with Crippen LogP contribution in [-0.4, -0.2) is 15.0 Å². The van der Waals surface area contributed by atoms with Crippen LogP contribution in [0, 0.1) is 0 Å². The highest BCUT2D eigenvalue weighted by Crippen LogP contribution is 2.37. The van der Waals surface area contributed by atoms with Crippen LogP contribution in [0.3, 0.4) is 0 Å². The zero-order chi connectivity index (χ0) is 38.4. The first kappa shape index (κ1) is 17.2. The molecule has 0 aliphatic heterocycles. The van der Waals surface area contributed by atoms with Gasteiger partial charge in [-0.3, -0.25) is 0 Å². The lowest BCUT2D eigenvalue weighted by Gasteiger charge is -2.11. The molecule has 0 aliphatic carbocycles. The van der Waals surface area contributed by atoms with Gasteiger partial charge >= 0.3 is 0 Å². The molecule has 7 aromatic carbocycles. The summed E-state index contributed by atoms with van der Waals surface area (Å²) >= 11 is 0. The number of furan rings is 1. The second-order valence-electron chi connectivity index (χ2n) is 10.5. The van der Waals surface area contributed by atoms with Gasteiger partial charge in [0.2, 0.25) is 0 Å². The molecule has 0 saturated carbocycles. The van der Waals surface area contributed by atoms with Gasteiger partial charge in [-0.25, -0.2) is 15.0 Å². The van der Waals surface area contributed by atoms with Crippen LogP contribution in [0.15, 0.2) is 156 Å². The molecule has 9 rings (SSSR count). The molecule has 0 fully saturated rings. The Balaban J connectivity index is 1.30. The summed E-state index contributed by atoms with van der Waals surface area (Å²) in [5, 5.41) is 4.05. The SMILES string of the molecule is [2H]c1cc2c(oc3c([2H])cc([2H])c(-c4nc(-c5ccc6ccccc6c5)nc(-c5ccc6ccc(-c7c([2H])c([2H])c([2H])c([2H])c7[2H])cc6c5)n4)c32)c([2H])c1[2H]. The zero-order valence-electron chi connectivity index (χ0n) is 33.4. The lowest BCUT2D eigenvalue weighted by molar-refractivity contribution is 0.669. The van der Waals surface area contributed by atoms with E-state index >= 15 is 0 Å². The van der Waals surface area contributed by atoms with Gasteiger partial charge in [-0.1, -0.05) is 121 Å². The zero-order valence-corrected chi connectivity index (χ0v) is 23.4. The van der Waals surface area contributed by atoms with E-state index in [-0.39, 0.29) is 81.6 Å². The maximum absolute atomic E-state index is 9.08. The van der Waals surface area contributed by atoms with Crippen LogP contribution in [0.25, 0.3) is 88.8 Å². The molecule has 0 spiro atoms. The van der Waals surface area contributed by atoms with Gasteiger partial charge < -0.3 is 4.42 Å². The highest BCUT2D eigenvalue weighted by molar-refractivity contribution is 6.11.